The number of aliphatic hydroxyl groups is 1. The van der Waals surface area contributed by atoms with Crippen LogP contribution in [0.1, 0.15) is 10.4 Å². The van der Waals surface area contributed by atoms with Crippen molar-refractivity contribution in [3.8, 4) is 11.5 Å². The van der Waals surface area contributed by atoms with Crippen LogP contribution in [0.4, 0.5) is 0 Å². The number of carbonyl (C=O) groups excluding carboxylic acids is 2. The molecule has 0 aliphatic heterocycles. The minimum absolute atomic E-state index is 0. The third-order valence-electron chi connectivity index (χ3n) is 2.03. The molecule has 0 heterocycles. The summed E-state index contributed by atoms with van der Waals surface area (Å²) in [6.07, 6.45) is 0. The first kappa shape index (κ1) is 16.2. The number of benzene rings is 1. The first-order valence-electron chi connectivity index (χ1n) is 4.61. The number of phenols is 2. The second-order valence-corrected chi connectivity index (χ2v) is 3.20. The van der Waals surface area contributed by atoms with Crippen LogP contribution in [0.5, 0.6) is 11.5 Å². The van der Waals surface area contributed by atoms with Crippen LogP contribution in [-0.4, -0.2) is 39.8 Å². The van der Waals surface area contributed by atoms with Crippen molar-refractivity contribution in [1.82, 2.24) is 5.32 Å². The Kier molecular flexibility index (Phi) is 6.18. The summed E-state index contributed by atoms with van der Waals surface area (Å²) in [6.45, 7) is -0.840. The van der Waals surface area contributed by atoms with Gasteiger partial charge in [-0.1, -0.05) is 6.07 Å². The monoisotopic (exact) mass is 296 g/mol. The van der Waals surface area contributed by atoms with E-state index in [2.05, 4.69) is 0 Å². The Bertz CT molecular complexity index is 450. The minimum atomic E-state index is -1.65. The average Bonchev–Trinajstić information content (AvgIpc) is 2.28. The van der Waals surface area contributed by atoms with Crippen LogP contribution in [0, 0.1) is 0 Å². The van der Waals surface area contributed by atoms with Gasteiger partial charge in [0.25, 0.3) is 5.91 Å². The van der Waals surface area contributed by atoms with Crippen LogP contribution < -0.4 is 10.4 Å². The van der Waals surface area contributed by atoms with E-state index in [-0.39, 0.29) is 22.6 Å². The van der Waals surface area contributed by atoms with Gasteiger partial charge in [-0.25, -0.2) is 0 Å². The Morgan fingerprint density at radius 1 is 1.33 bits per heavy atom. The smallest absolute Gasteiger partial charge is 0.255 e. The molecule has 1 amide bonds. The van der Waals surface area contributed by atoms with Gasteiger partial charge in [-0.05, 0) is 12.1 Å². The fourth-order valence-electron chi connectivity index (χ4n) is 1.13. The van der Waals surface area contributed by atoms with E-state index >= 15 is 0 Å². The molecule has 1 aromatic carbocycles. The molecule has 1 atom stereocenters. The molecule has 0 aliphatic carbocycles. The minimum Gasteiger partial charge on any atom is -0.548 e. The van der Waals surface area contributed by atoms with Crippen molar-refractivity contribution in [2.45, 2.75) is 6.04 Å². The molecule has 7 nitrogen and oxygen atoms in total. The number of amides is 1. The maximum Gasteiger partial charge on any atom is 0.255 e. The summed E-state index contributed by atoms with van der Waals surface area (Å²) < 4.78 is 0. The Labute approximate surface area is 113 Å². The average molecular weight is 296 g/mol. The normalized spacial score (nSPS) is 11.2. The molecule has 0 aliphatic rings. The van der Waals surface area contributed by atoms with Gasteiger partial charge in [-0.2, -0.15) is 0 Å². The van der Waals surface area contributed by atoms with E-state index in [9.17, 15) is 19.8 Å². The van der Waals surface area contributed by atoms with Gasteiger partial charge in [0.1, 0.15) is 0 Å². The van der Waals surface area contributed by atoms with Crippen LogP contribution in [0.3, 0.4) is 0 Å². The number of carboxylic acids is 1. The molecule has 0 fully saturated rings. The van der Waals surface area contributed by atoms with Crippen molar-refractivity contribution in [2.75, 3.05) is 6.61 Å². The number of aromatic hydroxyl groups is 2. The van der Waals surface area contributed by atoms with Crippen LogP contribution in [0.25, 0.3) is 0 Å². The molecule has 100 valence electrons. The Hall–Kier alpha value is -1.76. The molecule has 1 rings (SSSR count). The summed E-state index contributed by atoms with van der Waals surface area (Å²) in [6, 6.07) is 2.07. The van der Waals surface area contributed by atoms with Gasteiger partial charge >= 0.3 is 0 Å². The molecule has 18 heavy (non-hydrogen) atoms. The standard InChI is InChI=1S/C10H11NO6.Fe/c12-4-6(10(16)17)11-9(15)5-2-1-3-7(13)8(5)14;/h1-3,6,12-14H,4H2,(H,11,15)(H,16,17);/p-1/t6-;/m0./s1. The van der Waals surface area contributed by atoms with E-state index in [4.69, 9.17) is 10.2 Å². The fourth-order valence-corrected chi connectivity index (χ4v) is 1.13. The predicted molar refractivity (Wildman–Crippen MR) is 53.1 cm³/mol. The van der Waals surface area contributed by atoms with E-state index in [1.165, 1.54) is 12.1 Å². The molecule has 4 N–H and O–H groups in total. The van der Waals surface area contributed by atoms with Crippen molar-refractivity contribution >= 4 is 11.9 Å². The molecule has 0 aromatic heterocycles. The van der Waals surface area contributed by atoms with Crippen molar-refractivity contribution in [3.05, 3.63) is 23.8 Å². The van der Waals surface area contributed by atoms with Crippen LogP contribution in [0.2, 0.25) is 0 Å². The van der Waals surface area contributed by atoms with Crippen molar-refractivity contribution in [3.63, 3.8) is 0 Å². The number of phenolic OH excluding ortho intramolecular Hbond substituents is 2. The SMILES string of the molecule is O=C(N[C@@H](CO)C(=O)[O-])c1cccc(O)c1O.[Fe]. The number of carbonyl (C=O) groups is 2. The quantitative estimate of drug-likeness (QED) is 0.373. The third-order valence-corrected chi connectivity index (χ3v) is 2.03. The fraction of sp³-hybridized carbons (Fsp3) is 0.200. The van der Waals surface area contributed by atoms with Crippen LogP contribution >= 0.6 is 0 Å². The number of aliphatic hydroxyl groups excluding tert-OH is 1. The Morgan fingerprint density at radius 2 is 1.94 bits per heavy atom. The van der Waals surface area contributed by atoms with Crippen LogP contribution in [0.15, 0.2) is 18.2 Å². The Morgan fingerprint density at radius 3 is 2.44 bits per heavy atom. The molecule has 1 aromatic rings. The molecular weight excluding hydrogens is 286 g/mol. The third kappa shape index (κ3) is 3.63. The van der Waals surface area contributed by atoms with Crippen molar-refractivity contribution in [2.24, 2.45) is 0 Å². The molecule has 8 heteroatoms. The van der Waals surface area contributed by atoms with Crippen LogP contribution in [-0.2, 0) is 21.9 Å². The summed E-state index contributed by atoms with van der Waals surface area (Å²) in [5.74, 6) is -3.77. The van der Waals surface area contributed by atoms with Gasteiger partial charge in [-0.3, -0.25) is 4.79 Å². The zero-order chi connectivity index (χ0) is 13.0. The van der Waals surface area contributed by atoms with Gasteiger partial charge in [-0.15, -0.1) is 0 Å². The predicted octanol–water partition coefficient (Wildman–Crippen LogP) is -2.06. The largest absolute Gasteiger partial charge is 0.548 e. The van der Waals surface area contributed by atoms with Gasteiger partial charge < -0.3 is 30.5 Å². The maximum absolute atomic E-state index is 11.5. The Balaban J connectivity index is 0.00000289. The maximum atomic E-state index is 11.5. The molecule has 0 radical (unpaired) electrons. The zero-order valence-corrected chi connectivity index (χ0v) is 10.0. The number of carboxylic acid groups (broad SMARTS) is 1. The van der Waals surface area contributed by atoms with E-state index < -0.39 is 36.0 Å². The van der Waals surface area contributed by atoms with E-state index in [0.717, 1.165) is 6.07 Å². The van der Waals surface area contributed by atoms with Gasteiger partial charge in [0.15, 0.2) is 11.5 Å². The summed E-state index contributed by atoms with van der Waals surface area (Å²) in [7, 11) is 0. The molecular formula is C10H10FeNO6-. The first-order valence-corrected chi connectivity index (χ1v) is 4.61. The summed E-state index contributed by atoms with van der Waals surface area (Å²) in [4.78, 5) is 22.0. The number of para-hydroxylation sites is 1. The number of hydrogen-bond acceptors (Lipinski definition) is 6. The number of nitrogens with one attached hydrogen (secondary N) is 1. The molecule has 0 saturated heterocycles. The zero-order valence-electron chi connectivity index (χ0n) is 8.94. The first-order chi connectivity index (χ1) is 7.97. The number of aliphatic carboxylic acids is 1. The number of rotatable bonds is 4. The molecule has 0 spiro atoms. The summed E-state index contributed by atoms with van der Waals surface area (Å²) >= 11 is 0. The van der Waals surface area contributed by atoms with Gasteiger partial charge in [0.05, 0.1) is 24.2 Å². The van der Waals surface area contributed by atoms with E-state index in [1.807, 2.05) is 5.32 Å². The summed E-state index contributed by atoms with van der Waals surface area (Å²) in [5, 5.41) is 39.5. The summed E-state index contributed by atoms with van der Waals surface area (Å²) in [5.41, 5.74) is -0.301. The molecule has 0 unspecified atom stereocenters. The molecule has 0 saturated carbocycles. The van der Waals surface area contributed by atoms with Crippen molar-refractivity contribution in [1.29, 1.82) is 0 Å². The van der Waals surface area contributed by atoms with Crippen molar-refractivity contribution < 1.29 is 47.1 Å². The van der Waals surface area contributed by atoms with Gasteiger partial charge in [0.2, 0.25) is 0 Å². The second kappa shape index (κ2) is 6.85. The number of hydrogen-bond donors (Lipinski definition) is 4. The second-order valence-electron chi connectivity index (χ2n) is 3.20. The van der Waals surface area contributed by atoms with E-state index in [0.29, 0.717) is 0 Å². The van der Waals surface area contributed by atoms with Gasteiger partial charge in [0, 0.05) is 17.1 Å². The molecule has 0 bridgehead atoms. The van der Waals surface area contributed by atoms with E-state index in [1.54, 1.807) is 0 Å². The topological polar surface area (TPSA) is 130 Å².